The summed E-state index contributed by atoms with van der Waals surface area (Å²) in [5, 5.41) is 11.1. The molecule has 1 atom stereocenters. The molecule has 0 saturated carbocycles. The molecule has 1 N–H and O–H groups in total. The van der Waals surface area contributed by atoms with Crippen molar-refractivity contribution < 1.29 is 19.1 Å². The molecule has 6 rings (SSSR count). The van der Waals surface area contributed by atoms with E-state index in [4.69, 9.17) is 4.42 Å². The van der Waals surface area contributed by atoms with E-state index in [2.05, 4.69) is 0 Å². The SMILES string of the molecule is CCC(c1ccccc1)c1c(O)c2ccccc2oc1=O.O=C1c2ccccc2C(=O)C1c1ccccc1. The fourth-order valence-electron chi connectivity index (χ4n) is 5.04. The molecular weight excluding hydrogens is 476 g/mol. The summed E-state index contributed by atoms with van der Waals surface area (Å²) < 4.78 is 5.36. The molecule has 1 unspecified atom stereocenters. The zero-order valence-electron chi connectivity index (χ0n) is 20.8. The van der Waals surface area contributed by atoms with Gasteiger partial charge in [0.25, 0.3) is 0 Å². The lowest BCUT2D eigenvalue weighted by atomic mass is 9.89. The fourth-order valence-corrected chi connectivity index (χ4v) is 5.04. The molecule has 4 aromatic carbocycles. The smallest absolute Gasteiger partial charge is 0.343 e. The van der Waals surface area contributed by atoms with Gasteiger partial charge in [-0.2, -0.15) is 0 Å². The number of aromatic hydroxyl groups is 1. The highest BCUT2D eigenvalue weighted by Crippen LogP contribution is 2.36. The van der Waals surface area contributed by atoms with E-state index in [1.54, 1.807) is 42.5 Å². The van der Waals surface area contributed by atoms with Crippen LogP contribution in [0.1, 0.15) is 62.6 Å². The molecule has 0 spiro atoms. The normalized spacial score (nSPS) is 13.6. The number of ketones is 2. The molecule has 5 nitrogen and oxygen atoms in total. The van der Waals surface area contributed by atoms with Gasteiger partial charge in [0, 0.05) is 17.0 Å². The molecule has 5 heteroatoms. The average molecular weight is 503 g/mol. The first-order valence-electron chi connectivity index (χ1n) is 12.5. The van der Waals surface area contributed by atoms with E-state index in [9.17, 15) is 19.5 Å². The Labute approximate surface area is 220 Å². The summed E-state index contributed by atoms with van der Waals surface area (Å²) in [4.78, 5) is 36.7. The maximum absolute atomic E-state index is 12.3. The maximum atomic E-state index is 12.3. The third kappa shape index (κ3) is 4.55. The lowest BCUT2D eigenvalue weighted by molar-refractivity contribution is 0.0890. The van der Waals surface area contributed by atoms with Crippen LogP contribution in [0.5, 0.6) is 5.75 Å². The zero-order valence-corrected chi connectivity index (χ0v) is 20.8. The van der Waals surface area contributed by atoms with Gasteiger partial charge in [0.15, 0.2) is 11.6 Å². The quantitative estimate of drug-likeness (QED) is 0.214. The highest BCUT2D eigenvalue weighted by atomic mass is 16.4. The molecule has 5 aromatic rings. The van der Waals surface area contributed by atoms with Crippen molar-refractivity contribution in [3.8, 4) is 5.75 Å². The minimum atomic E-state index is -0.645. The molecule has 38 heavy (non-hydrogen) atoms. The number of rotatable bonds is 4. The second-order valence-electron chi connectivity index (χ2n) is 9.14. The number of fused-ring (bicyclic) bond motifs is 2. The summed E-state index contributed by atoms with van der Waals surface area (Å²) in [5.74, 6) is -0.966. The second-order valence-corrected chi connectivity index (χ2v) is 9.14. The summed E-state index contributed by atoms with van der Waals surface area (Å²) >= 11 is 0. The first kappa shape index (κ1) is 24.9. The van der Waals surface area contributed by atoms with Gasteiger partial charge in [0.05, 0.1) is 10.9 Å². The minimum Gasteiger partial charge on any atom is -0.507 e. The summed E-state index contributed by atoms with van der Waals surface area (Å²) in [6, 6.07) is 33.0. The number of benzene rings is 4. The predicted octanol–water partition coefficient (Wildman–Crippen LogP) is 6.89. The molecule has 0 bridgehead atoms. The number of para-hydroxylation sites is 1. The van der Waals surface area contributed by atoms with Crippen molar-refractivity contribution in [3.63, 3.8) is 0 Å². The highest BCUT2D eigenvalue weighted by molar-refractivity contribution is 6.29. The van der Waals surface area contributed by atoms with Crippen LogP contribution in [0, 0.1) is 0 Å². The van der Waals surface area contributed by atoms with Crippen LogP contribution in [0.15, 0.2) is 118 Å². The Morgan fingerprint density at radius 1 is 0.711 bits per heavy atom. The fraction of sp³-hybridized carbons (Fsp3) is 0.121. The van der Waals surface area contributed by atoms with Gasteiger partial charge >= 0.3 is 5.63 Å². The molecule has 188 valence electrons. The van der Waals surface area contributed by atoms with Gasteiger partial charge < -0.3 is 9.52 Å². The lowest BCUT2D eigenvalue weighted by Crippen LogP contribution is -2.13. The van der Waals surface area contributed by atoms with Crippen LogP contribution in [0.4, 0.5) is 0 Å². The van der Waals surface area contributed by atoms with Crippen LogP contribution >= 0.6 is 0 Å². The third-order valence-electron chi connectivity index (χ3n) is 6.89. The lowest BCUT2D eigenvalue weighted by Gasteiger charge is -2.16. The monoisotopic (exact) mass is 502 g/mol. The Morgan fingerprint density at radius 3 is 1.84 bits per heavy atom. The Morgan fingerprint density at radius 2 is 1.24 bits per heavy atom. The van der Waals surface area contributed by atoms with E-state index in [1.807, 2.05) is 73.7 Å². The zero-order chi connectivity index (χ0) is 26.6. The van der Waals surface area contributed by atoms with Crippen molar-refractivity contribution in [1.29, 1.82) is 0 Å². The third-order valence-corrected chi connectivity index (χ3v) is 6.89. The Bertz CT molecular complexity index is 1630. The maximum Gasteiger partial charge on any atom is 0.343 e. The molecule has 0 amide bonds. The van der Waals surface area contributed by atoms with Crippen LogP contribution in [-0.2, 0) is 0 Å². The molecule has 0 aliphatic heterocycles. The minimum absolute atomic E-state index is 0.0255. The summed E-state index contributed by atoms with van der Waals surface area (Å²) in [7, 11) is 0. The molecule has 1 heterocycles. The number of carbonyl (C=O) groups excluding carboxylic acids is 2. The van der Waals surface area contributed by atoms with Crippen LogP contribution < -0.4 is 5.63 Å². The second kappa shape index (κ2) is 10.7. The average Bonchev–Trinajstić information content (AvgIpc) is 3.22. The van der Waals surface area contributed by atoms with Crippen molar-refractivity contribution in [2.75, 3.05) is 0 Å². The van der Waals surface area contributed by atoms with E-state index in [0.29, 0.717) is 34.1 Å². The van der Waals surface area contributed by atoms with Gasteiger partial charge in [-0.1, -0.05) is 104 Å². The highest BCUT2D eigenvalue weighted by Gasteiger charge is 2.38. The molecule has 0 saturated heterocycles. The van der Waals surface area contributed by atoms with Gasteiger partial charge in [-0.15, -0.1) is 0 Å². The van der Waals surface area contributed by atoms with Gasteiger partial charge in [-0.25, -0.2) is 4.79 Å². The molecule has 0 fully saturated rings. The number of Topliss-reactive ketones (excluding diaryl/α,β-unsaturated/α-hetero) is 2. The molecule has 1 aromatic heterocycles. The molecule has 1 aliphatic rings. The van der Waals surface area contributed by atoms with Gasteiger partial charge in [0.2, 0.25) is 0 Å². The predicted molar refractivity (Wildman–Crippen MR) is 147 cm³/mol. The van der Waals surface area contributed by atoms with Crippen molar-refractivity contribution in [2.45, 2.75) is 25.2 Å². The Hall–Kier alpha value is -4.77. The summed E-state index contributed by atoms with van der Waals surface area (Å²) in [6.45, 7) is 1.99. The van der Waals surface area contributed by atoms with Crippen molar-refractivity contribution in [2.24, 2.45) is 0 Å². The molecule has 0 radical (unpaired) electrons. The summed E-state index contributed by atoms with van der Waals surface area (Å²) in [5.41, 5.74) is 3.14. The topological polar surface area (TPSA) is 84.6 Å². The largest absolute Gasteiger partial charge is 0.507 e. The van der Waals surface area contributed by atoms with Crippen molar-refractivity contribution >= 4 is 22.5 Å². The van der Waals surface area contributed by atoms with E-state index >= 15 is 0 Å². The molecule has 1 aliphatic carbocycles. The summed E-state index contributed by atoms with van der Waals surface area (Å²) in [6.07, 6.45) is 0.709. The van der Waals surface area contributed by atoms with Crippen LogP contribution in [0.3, 0.4) is 0 Å². The van der Waals surface area contributed by atoms with Gasteiger partial charge in [0.1, 0.15) is 17.3 Å². The molecular formula is C33H26O5. The number of hydrogen-bond acceptors (Lipinski definition) is 5. The standard InChI is InChI=1S/C18H16O3.C15H10O2/c1-2-13(12-8-4-3-5-9-12)16-17(19)14-10-6-7-11-15(14)21-18(16)20;16-14-11-8-4-5-9-12(11)15(17)13(14)10-6-2-1-3-7-10/h3-11,13,19H,2H2,1H3;1-9,13H. The Kier molecular flexibility index (Phi) is 7.00. The first-order valence-corrected chi connectivity index (χ1v) is 12.5. The van der Waals surface area contributed by atoms with Gasteiger partial charge in [-0.3, -0.25) is 9.59 Å². The van der Waals surface area contributed by atoms with Gasteiger partial charge in [-0.05, 0) is 29.7 Å². The number of hydrogen-bond donors (Lipinski definition) is 1. The van der Waals surface area contributed by atoms with Crippen molar-refractivity contribution in [3.05, 3.63) is 147 Å². The van der Waals surface area contributed by atoms with E-state index < -0.39 is 11.5 Å². The van der Waals surface area contributed by atoms with E-state index in [-0.39, 0.29) is 23.2 Å². The van der Waals surface area contributed by atoms with Crippen molar-refractivity contribution in [1.82, 2.24) is 0 Å². The van der Waals surface area contributed by atoms with Crippen LogP contribution in [-0.4, -0.2) is 16.7 Å². The van der Waals surface area contributed by atoms with Crippen LogP contribution in [0.2, 0.25) is 0 Å². The number of carbonyl (C=O) groups is 2. The Balaban J connectivity index is 0.000000158. The van der Waals surface area contributed by atoms with E-state index in [0.717, 1.165) is 11.1 Å². The first-order chi connectivity index (χ1) is 18.5. The van der Waals surface area contributed by atoms with Crippen LogP contribution in [0.25, 0.3) is 11.0 Å². The van der Waals surface area contributed by atoms with E-state index in [1.165, 1.54) is 0 Å².